The van der Waals surface area contributed by atoms with Crippen LogP contribution in [0.4, 0.5) is 0 Å². The van der Waals surface area contributed by atoms with Crippen LogP contribution in [0.2, 0.25) is 0 Å². The molecule has 2 aromatic rings. The van der Waals surface area contributed by atoms with E-state index in [1.165, 1.54) is 22.7 Å². The van der Waals surface area contributed by atoms with Crippen molar-refractivity contribution in [2.24, 2.45) is 5.92 Å². The Bertz CT molecular complexity index is 800. The minimum absolute atomic E-state index is 0.0865. The molecule has 2 fully saturated rings. The highest BCUT2D eigenvalue weighted by molar-refractivity contribution is 7.11. The number of hydrogen-bond donors (Lipinski definition) is 0. The molecule has 3 heterocycles. The molecule has 0 radical (unpaired) electrons. The maximum Gasteiger partial charge on any atom is 0.253 e. The third-order valence-electron chi connectivity index (χ3n) is 5.53. The van der Waals surface area contributed by atoms with Crippen molar-refractivity contribution >= 4 is 11.3 Å². The summed E-state index contributed by atoms with van der Waals surface area (Å²) in [6, 6.07) is 1.70. The van der Waals surface area contributed by atoms with Gasteiger partial charge in [-0.1, -0.05) is 13.8 Å². The fourth-order valence-electron chi connectivity index (χ4n) is 3.63. The van der Waals surface area contributed by atoms with Gasteiger partial charge in [-0.3, -0.25) is 14.3 Å². The number of aromatic nitrogens is 3. The topological polar surface area (TPSA) is 51.0 Å². The van der Waals surface area contributed by atoms with Crippen LogP contribution in [0.5, 0.6) is 0 Å². The van der Waals surface area contributed by atoms with Crippen molar-refractivity contribution in [3.05, 3.63) is 44.5 Å². The third-order valence-corrected chi connectivity index (χ3v) is 6.68. The van der Waals surface area contributed by atoms with Crippen molar-refractivity contribution < 1.29 is 0 Å². The molecule has 26 heavy (non-hydrogen) atoms. The van der Waals surface area contributed by atoms with E-state index in [0.29, 0.717) is 11.8 Å². The Labute approximate surface area is 159 Å². The molecule has 1 saturated heterocycles. The summed E-state index contributed by atoms with van der Waals surface area (Å²) in [7, 11) is 0. The predicted octanol–water partition coefficient (Wildman–Crippen LogP) is 3.61. The van der Waals surface area contributed by atoms with Gasteiger partial charge in [-0.25, -0.2) is 9.97 Å². The summed E-state index contributed by atoms with van der Waals surface area (Å²) in [6.45, 7) is 8.17. The normalized spacial score (nSPS) is 19.3. The van der Waals surface area contributed by atoms with Crippen LogP contribution in [0.25, 0.3) is 0 Å². The average Bonchev–Trinajstić information content (AvgIpc) is 3.38. The molecule has 0 spiro atoms. The zero-order valence-electron chi connectivity index (χ0n) is 15.7. The van der Waals surface area contributed by atoms with E-state index in [1.807, 2.05) is 11.3 Å². The summed E-state index contributed by atoms with van der Waals surface area (Å²) in [5.41, 5.74) is 0.972. The van der Waals surface area contributed by atoms with Gasteiger partial charge in [0, 0.05) is 36.1 Å². The van der Waals surface area contributed by atoms with Gasteiger partial charge in [-0.2, -0.15) is 0 Å². The number of hydrogen-bond acceptors (Lipinski definition) is 5. The van der Waals surface area contributed by atoms with Crippen LogP contribution in [0.1, 0.15) is 66.9 Å². The molecule has 2 aromatic heterocycles. The molecule has 4 rings (SSSR count). The van der Waals surface area contributed by atoms with Gasteiger partial charge in [-0.15, -0.1) is 11.3 Å². The van der Waals surface area contributed by atoms with E-state index in [9.17, 15) is 4.79 Å². The van der Waals surface area contributed by atoms with Gasteiger partial charge in [0.2, 0.25) is 0 Å². The first-order valence-corrected chi connectivity index (χ1v) is 10.6. The Morgan fingerprint density at radius 2 is 1.96 bits per heavy atom. The fraction of sp³-hybridized carbons (Fsp3) is 0.650. The minimum atomic E-state index is 0.0865. The second kappa shape index (κ2) is 7.61. The molecule has 5 nitrogen and oxygen atoms in total. The van der Waals surface area contributed by atoms with Gasteiger partial charge in [0.05, 0.1) is 17.0 Å². The number of likely N-dealkylation sites (tertiary alicyclic amines) is 1. The van der Waals surface area contributed by atoms with Gasteiger partial charge < -0.3 is 0 Å². The van der Waals surface area contributed by atoms with E-state index < -0.39 is 0 Å². The molecule has 1 aliphatic heterocycles. The molecule has 140 valence electrons. The van der Waals surface area contributed by atoms with Gasteiger partial charge in [-0.05, 0) is 50.6 Å². The third kappa shape index (κ3) is 4.23. The highest BCUT2D eigenvalue weighted by atomic mass is 32.1. The van der Waals surface area contributed by atoms with E-state index in [-0.39, 0.29) is 5.56 Å². The van der Waals surface area contributed by atoms with E-state index in [1.54, 1.807) is 17.0 Å². The molecular formula is C20H28N4OS. The molecule has 6 heteroatoms. The maximum absolute atomic E-state index is 12.3. The molecule has 0 atom stereocenters. The zero-order chi connectivity index (χ0) is 18.1. The highest BCUT2D eigenvalue weighted by Crippen LogP contribution is 2.42. The standard InChI is InChI=1S/C20H28N4OS/c1-14(2)18-9-19(25)24(13-22-18)11-15-5-7-23(8-6-15)12-17-10-21-20(26-17)16-3-4-16/h9-10,13-16H,3-8,11-12H2,1-2H3. The summed E-state index contributed by atoms with van der Waals surface area (Å²) in [4.78, 5) is 25.3. The van der Waals surface area contributed by atoms with Crippen molar-refractivity contribution in [1.82, 2.24) is 19.4 Å². The number of piperidine rings is 1. The SMILES string of the molecule is CC(C)c1cc(=O)n(CC2CCN(Cc3cnc(C4CC4)s3)CC2)cn1. The Morgan fingerprint density at radius 1 is 1.19 bits per heavy atom. The van der Waals surface area contributed by atoms with Crippen molar-refractivity contribution in [1.29, 1.82) is 0 Å². The van der Waals surface area contributed by atoms with E-state index in [2.05, 4.69) is 34.9 Å². The highest BCUT2D eigenvalue weighted by Gasteiger charge is 2.27. The van der Waals surface area contributed by atoms with Gasteiger partial charge in [0.1, 0.15) is 0 Å². The number of thiazole rings is 1. The number of rotatable bonds is 6. The van der Waals surface area contributed by atoms with Crippen LogP contribution in [-0.2, 0) is 13.1 Å². The minimum Gasteiger partial charge on any atom is -0.299 e. The van der Waals surface area contributed by atoms with Crippen LogP contribution in [0.15, 0.2) is 23.4 Å². The zero-order valence-corrected chi connectivity index (χ0v) is 16.5. The molecule has 0 N–H and O–H groups in total. The van der Waals surface area contributed by atoms with Gasteiger partial charge >= 0.3 is 0 Å². The molecule has 1 aliphatic carbocycles. The second-order valence-corrected chi connectivity index (χ2v) is 9.26. The van der Waals surface area contributed by atoms with E-state index in [0.717, 1.165) is 50.6 Å². The first-order chi connectivity index (χ1) is 12.6. The summed E-state index contributed by atoms with van der Waals surface area (Å²) in [5.74, 6) is 1.63. The molecular weight excluding hydrogens is 344 g/mol. The lowest BCUT2D eigenvalue weighted by Crippen LogP contribution is -2.35. The largest absolute Gasteiger partial charge is 0.299 e. The average molecular weight is 373 g/mol. The summed E-state index contributed by atoms with van der Waals surface area (Å²) >= 11 is 1.90. The van der Waals surface area contributed by atoms with Crippen molar-refractivity contribution in [2.45, 2.75) is 64.5 Å². The molecule has 0 amide bonds. The van der Waals surface area contributed by atoms with Crippen LogP contribution >= 0.6 is 11.3 Å². The number of nitrogens with zero attached hydrogens (tertiary/aromatic N) is 4. The van der Waals surface area contributed by atoms with E-state index in [4.69, 9.17) is 0 Å². The lowest BCUT2D eigenvalue weighted by atomic mass is 9.96. The Morgan fingerprint density at radius 3 is 2.62 bits per heavy atom. The Hall–Kier alpha value is -1.53. The van der Waals surface area contributed by atoms with Crippen LogP contribution in [-0.4, -0.2) is 32.5 Å². The van der Waals surface area contributed by atoms with Gasteiger partial charge in [0.15, 0.2) is 0 Å². The second-order valence-electron chi connectivity index (χ2n) is 8.12. The first-order valence-electron chi connectivity index (χ1n) is 9.82. The predicted molar refractivity (Wildman–Crippen MR) is 105 cm³/mol. The monoisotopic (exact) mass is 372 g/mol. The van der Waals surface area contributed by atoms with Gasteiger partial charge in [0.25, 0.3) is 5.56 Å². The van der Waals surface area contributed by atoms with Crippen LogP contribution < -0.4 is 5.56 Å². The van der Waals surface area contributed by atoms with Crippen LogP contribution in [0, 0.1) is 5.92 Å². The Balaban J connectivity index is 1.28. The van der Waals surface area contributed by atoms with E-state index >= 15 is 0 Å². The van der Waals surface area contributed by atoms with Crippen molar-refractivity contribution in [3.8, 4) is 0 Å². The van der Waals surface area contributed by atoms with Crippen molar-refractivity contribution in [3.63, 3.8) is 0 Å². The summed E-state index contributed by atoms with van der Waals surface area (Å²) in [5, 5.41) is 1.34. The lowest BCUT2D eigenvalue weighted by Gasteiger charge is -2.31. The quantitative estimate of drug-likeness (QED) is 0.777. The Kier molecular flexibility index (Phi) is 5.23. The molecule has 0 unspecified atom stereocenters. The molecule has 2 aliphatic rings. The maximum atomic E-state index is 12.3. The molecule has 1 saturated carbocycles. The summed E-state index contributed by atoms with van der Waals surface area (Å²) < 4.78 is 1.79. The lowest BCUT2D eigenvalue weighted by molar-refractivity contribution is 0.167. The molecule has 0 aromatic carbocycles. The fourth-order valence-corrected chi connectivity index (χ4v) is 4.76. The first kappa shape index (κ1) is 17.9. The van der Waals surface area contributed by atoms with Crippen molar-refractivity contribution in [2.75, 3.05) is 13.1 Å². The molecule has 0 bridgehead atoms. The summed E-state index contributed by atoms with van der Waals surface area (Å²) in [6.07, 6.45) is 8.75. The van der Waals surface area contributed by atoms with Crippen LogP contribution in [0.3, 0.4) is 0 Å². The smallest absolute Gasteiger partial charge is 0.253 e.